The number of halogens is 2. The first-order valence-electron chi connectivity index (χ1n) is 2.90. The maximum Gasteiger partial charge on any atom is 0.270 e. The monoisotopic (exact) mass is 244 g/mol. The zero-order valence-corrected chi connectivity index (χ0v) is 8.06. The van der Waals surface area contributed by atoms with Gasteiger partial charge in [0.1, 0.15) is 11.8 Å². The lowest BCUT2D eigenvalue weighted by Gasteiger charge is -1.95. The van der Waals surface area contributed by atoms with Crippen molar-refractivity contribution in [1.29, 1.82) is 5.26 Å². The average Bonchev–Trinajstić information content (AvgIpc) is 2.05. The largest absolute Gasteiger partial charge is 0.274 e. The Morgan fingerprint density at radius 3 is 2.92 bits per heavy atom. The quantitative estimate of drug-likeness (QED) is 0.712. The summed E-state index contributed by atoms with van der Waals surface area (Å²) in [5.41, 5.74) is 0.422. The van der Waals surface area contributed by atoms with Gasteiger partial charge >= 0.3 is 0 Å². The van der Waals surface area contributed by atoms with Crippen molar-refractivity contribution in [3.8, 4) is 6.07 Å². The van der Waals surface area contributed by atoms with Crippen LogP contribution in [0.4, 0.5) is 0 Å². The number of nitriles is 1. The van der Waals surface area contributed by atoms with Crippen LogP contribution in [0.2, 0.25) is 0 Å². The van der Waals surface area contributed by atoms with Gasteiger partial charge in [-0.05, 0) is 33.6 Å². The van der Waals surface area contributed by atoms with Gasteiger partial charge in [-0.2, -0.15) is 5.26 Å². The fraction of sp³-hybridized carbons (Fsp3) is 0. The molecule has 0 aliphatic rings. The van der Waals surface area contributed by atoms with E-state index in [0.717, 1.165) is 0 Å². The summed E-state index contributed by atoms with van der Waals surface area (Å²) < 4.78 is 0.548. The van der Waals surface area contributed by atoms with Crippen LogP contribution < -0.4 is 0 Å². The Morgan fingerprint density at radius 1 is 1.75 bits per heavy atom. The minimum atomic E-state index is -0.668. The van der Waals surface area contributed by atoms with E-state index in [4.69, 9.17) is 16.9 Å². The maximum absolute atomic E-state index is 10.6. The highest BCUT2D eigenvalue weighted by Gasteiger charge is 2.06. The molecule has 0 N–H and O–H groups in total. The Labute approximate surface area is 82.1 Å². The molecule has 0 amide bonds. The standard InChI is InChI=1S/C7H2BrClN2O/c8-5-3-11-6(7(9)12)1-4(5)2-10/h1,3H. The first-order valence-corrected chi connectivity index (χ1v) is 4.07. The Morgan fingerprint density at radius 2 is 2.42 bits per heavy atom. The second-order valence-corrected chi connectivity index (χ2v) is 3.13. The van der Waals surface area contributed by atoms with Gasteiger partial charge in [-0.25, -0.2) is 0 Å². The highest BCUT2D eigenvalue weighted by Crippen LogP contribution is 2.15. The third kappa shape index (κ3) is 1.81. The first kappa shape index (κ1) is 9.17. The molecule has 0 spiro atoms. The van der Waals surface area contributed by atoms with E-state index in [9.17, 15) is 4.79 Å². The molecule has 1 rings (SSSR count). The fourth-order valence-corrected chi connectivity index (χ4v) is 1.04. The number of pyridine rings is 1. The van der Waals surface area contributed by atoms with E-state index < -0.39 is 5.24 Å². The van der Waals surface area contributed by atoms with Crippen molar-refractivity contribution in [2.75, 3.05) is 0 Å². The molecule has 0 unspecified atom stereocenters. The van der Waals surface area contributed by atoms with Crippen LogP contribution in [0.3, 0.4) is 0 Å². The number of rotatable bonds is 1. The van der Waals surface area contributed by atoms with Crippen molar-refractivity contribution in [2.24, 2.45) is 0 Å². The molecular weight excluding hydrogens is 243 g/mol. The SMILES string of the molecule is N#Cc1cc(C(=O)Cl)ncc1Br. The van der Waals surface area contributed by atoms with Crippen molar-refractivity contribution in [3.63, 3.8) is 0 Å². The van der Waals surface area contributed by atoms with Crippen LogP contribution in [0, 0.1) is 11.3 Å². The van der Waals surface area contributed by atoms with E-state index in [-0.39, 0.29) is 5.69 Å². The van der Waals surface area contributed by atoms with E-state index in [0.29, 0.717) is 10.0 Å². The van der Waals surface area contributed by atoms with Crippen LogP contribution in [-0.4, -0.2) is 10.2 Å². The first-order chi connectivity index (χ1) is 5.65. The van der Waals surface area contributed by atoms with Gasteiger partial charge in [-0.1, -0.05) is 0 Å². The zero-order chi connectivity index (χ0) is 9.14. The number of nitrogens with zero attached hydrogens (tertiary/aromatic N) is 2. The van der Waals surface area contributed by atoms with Gasteiger partial charge < -0.3 is 0 Å². The molecule has 0 radical (unpaired) electrons. The highest BCUT2D eigenvalue weighted by atomic mass is 79.9. The molecule has 1 heterocycles. The van der Waals surface area contributed by atoms with Gasteiger partial charge in [0.2, 0.25) is 0 Å². The van der Waals surface area contributed by atoms with Gasteiger partial charge in [0.15, 0.2) is 0 Å². The molecule has 0 saturated carbocycles. The molecule has 0 fully saturated rings. The molecule has 12 heavy (non-hydrogen) atoms. The summed E-state index contributed by atoms with van der Waals surface area (Å²) in [5, 5.41) is 7.89. The summed E-state index contributed by atoms with van der Waals surface area (Å²) in [4.78, 5) is 14.3. The van der Waals surface area contributed by atoms with Crippen LogP contribution in [0.25, 0.3) is 0 Å². The number of hydrogen-bond acceptors (Lipinski definition) is 3. The third-order valence-electron chi connectivity index (χ3n) is 1.18. The van der Waals surface area contributed by atoms with Crippen molar-refractivity contribution >= 4 is 32.8 Å². The molecule has 0 atom stereocenters. The summed E-state index contributed by atoms with van der Waals surface area (Å²) in [5.74, 6) is 0. The normalized spacial score (nSPS) is 9.08. The summed E-state index contributed by atoms with van der Waals surface area (Å²) >= 11 is 8.26. The lowest BCUT2D eigenvalue weighted by Crippen LogP contribution is -1.94. The van der Waals surface area contributed by atoms with E-state index in [1.54, 1.807) is 0 Å². The predicted molar refractivity (Wildman–Crippen MR) is 46.8 cm³/mol. The molecule has 0 saturated heterocycles. The van der Waals surface area contributed by atoms with Crippen molar-refractivity contribution in [1.82, 2.24) is 4.98 Å². The smallest absolute Gasteiger partial charge is 0.270 e. The predicted octanol–water partition coefficient (Wildman–Crippen LogP) is 2.09. The van der Waals surface area contributed by atoms with Crippen LogP contribution in [-0.2, 0) is 0 Å². The molecular formula is C7H2BrClN2O. The summed E-state index contributed by atoms with van der Waals surface area (Å²) in [6.45, 7) is 0. The number of carbonyl (C=O) groups excluding carboxylic acids is 1. The molecule has 0 aliphatic heterocycles. The molecule has 0 aliphatic carbocycles. The van der Waals surface area contributed by atoms with E-state index in [2.05, 4.69) is 20.9 Å². The Bertz CT molecular complexity index is 372. The van der Waals surface area contributed by atoms with Crippen molar-refractivity contribution in [2.45, 2.75) is 0 Å². The molecule has 5 heteroatoms. The number of hydrogen-bond donors (Lipinski definition) is 0. The summed E-state index contributed by atoms with van der Waals surface area (Å²) in [7, 11) is 0. The van der Waals surface area contributed by atoms with E-state index in [1.807, 2.05) is 6.07 Å². The molecule has 1 aromatic rings. The topological polar surface area (TPSA) is 53.8 Å². The van der Waals surface area contributed by atoms with Crippen molar-refractivity contribution in [3.05, 3.63) is 28.0 Å². The van der Waals surface area contributed by atoms with Gasteiger partial charge in [0, 0.05) is 6.20 Å². The van der Waals surface area contributed by atoms with Crippen LogP contribution in [0.15, 0.2) is 16.7 Å². The minimum Gasteiger partial charge on any atom is -0.274 e. The zero-order valence-electron chi connectivity index (χ0n) is 5.71. The Balaban J connectivity index is 3.25. The molecule has 1 aromatic heterocycles. The number of carbonyl (C=O) groups is 1. The third-order valence-corrected chi connectivity index (χ3v) is 2.00. The van der Waals surface area contributed by atoms with Crippen LogP contribution in [0.1, 0.15) is 16.1 Å². The van der Waals surface area contributed by atoms with E-state index >= 15 is 0 Å². The average molecular weight is 245 g/mol. The molecule has 0 aromatic carbocycles. The summed E-state index contributed by atoms with van der Waals surface area (Å²) in [6, 6.07) is 3.23. The highest BCUT2D eigenvalue weighted by molar-refractivity contribution is 9.10. The molecule has 0 bridgehead atoms. The number of aromatic nitrogens is 1. The van der Waals surface area contributed by atoms with Crippen LogP contribution >= 0.6 is 27.5 Å². The lowest BCUT2D eigenvalue weighted by atomic mass is 10.2. The van der Waals surface area contributed by atoms with Gasteiger partial charge in [-0.3, -0.25) is 9.78 Å². The lowest BCUT2D eigenvalue weighted by molar-refractivity contribution is 0.107. The fourth-order valence-electron chi connectivity index (χ4n) is 0.632. The Hall–Kier alpha value is -0.920. The molecule has 3 nitrogen and oxygen atoms in total. The molecule has 60 valence electrons. The Kier molecular flexibility index (Phi) is 2.79. The second kappa shape index (κ2) is 3.65. The van der Waals surface area contributed by atoms with Gasteiger partial charge in [0.25, 0.3) is 5.24 Å². The van der Waals surface area contributed by atoms with Gasteiger partial charge in [0.05, 0.1) is 10.0 Å². The minimum absolute atomic E-state index is 0.0800. The second-order valence-electron chi connectivity index (χ2n) is 1.93. The summed E-state index contributed by atoms with van der Waals surface area (Å²) in [6.07, 6.45) is 1.37. The maximum atomic E-state index is 10.6. The van der Waals surface area contributed by atoms with E-state index in [1.165, 1.54) is 12.3 Å². The van der Waals surface area contributed by atoms with Crippen LogP contribution in [0.5, 0.6) is 0 Å². The van der Waals surface area contributed by atoms with Crippen molar-refractivity contribution < 1.29 is 4.79 Å². The van der Waals surface area contributed by atoms with Gasteiger partial charge in [-0.15, -0.1) is 0 Å².